The molecule has 0 unspecified atom stereocenters. The largest absolute Gasteiger partial charge is 0.385 e. The highest BCUT2D eigenvalue weighted by Crippen LogP contribution is 2.30. The average Bonchev–Trinajstić information content (AvgIpc) is 3.26. The molecule has 2 N–H and O–H groups in total. The van der Waals surface area contributed by atoms with Crippen LogP contribution in [-0.4, -0.2) is 40.6 Å². The number of benzene rings is 1. The van der Waals surface area contributed by atoms with E-state index >= 15 is 0 Å². The normalized spacial score (nSPS) is 14.7. The lowest BCUT2D eigenvalue weighted by molar-refractivity contribution is 0.0948. The molecule has 1 aliphatic rings. The number of methoxy groups -OCH3 is 1. The number of ether oxygens (including phenoxy) is 1. The fraction of sp³-hybridized carbons (Fsp3) is 0.500. The number of sulfonamides is 1. The van der Waals surface area contributed by atoms with Gasteiger partial charge >= 0.3 is 0 Å². The quantitative estimate of drug-likeness (QED) is 0.677. The first kappa shape index (κ1) is 18.5. The minimum Gasteiger partial charge on any atom is -0.385 e. The van der Waals surface area contributed by atoms with Gasteiger partial charge in [0, 0.05) is 26.3 Å². The van der Waals surface area contributed by atoms with Gasteiger partial charge in [-0.3, -0.25) is 4.79 Å². The fourth-order valence-corrected chi connectivity index (χ4v) is 4.07. The SMILES string of the molecule is COCCCNC(=O)c1cc(S(=O)(=O)NC2CC2)c(Cl)cc1Cl. The smallest absolute Gasteiger partial charge is 0.252 e. The van der Waals surface area contributed by atoms with Crippen LogP contribution in [0, 0.1) is 0 Å². The molecule has 1 aromatic carbocycles. The summed E-state index contributed by atoms with van der Waals surface area (Å²) in [4.78, 5) is 12.0. The third-order valence-corrected chi connectivity index (χ3v) is 5.56. The van der Waals surface area contributed by atoms with Gasteiger partial charge in [-0.25, -0.2) is 13.1 Å². The van der Waals surface area contributed by atoms with Gasteiger partial charge in [0.15, 0.2) is 0 Å². The third-order valence-electron chi connectivity index (χ3n) is 3.27. The van der Waals surface area contributed by atoms with Crippen LogP contribution in [0.5, 0.6) is 0 Å². The molecule has 23 heavy (non-hydrogen) atoms. The second-order valence-electron chi connectivity index (χ2n) is 5.26. The third kappa shape index (κ3) is 5.06. The predicted molar refractivity (Wildman–Crippen MR) is 88.6 cm³/mol. The van der Waals surface area contributed by atoms with Gasteiger partial charge in [0.05, 0.1) is 15.6 Å². The van der Waals surface area contributed by atoms with E-state index in [0.29, 0.717) is 19.6 Å². The summed E-state index contributed by atoms with van der Waals surface area (Å²) in [6.07, 6.45) is 2.25. The number of halogens is 2. The molecule has 0 bridgehead atoms. The van der Waals surface area contributed by atoms with Gasteiger partial charge in [-0.15, -0.1) is 0 Å². The first-order chi connectivity index (χ1) is 10.8. The van der Waals surface area contributed by atoms with Gasteiger partial charge in [-0.2, -0.15) is 0 Å². The van der Waals surface area contributed by atoms with E-state index in [1.807, 2.05) is 0 Å². The molecule has 0 heterocycles. The molecule has 9 heteroatoms. The van der Waals surface area contributed by atoms with Crippen molar-refractivity contribution in [1.82, 2.24) is 10.0 Å². The Bertz CT molecular complexity index is 690. The average molecular weight is 381 g/mol. The van der Waals surface area contributed by atoms with Crippen molar-refractivity contribution in [3.05, 3.63) is 27.7 Å². The Morgan fingerprint density at radius 3 is 2.61 bits per heavy atom. The number of hydrogen-bond acceptors (Lipinski definition) is 4. The molecular formula is C14H18Cl2N2O4S. The second-order valence-corrected chi connectivity index (χ2v) is 7.76. The zero-order chi connectivity index (χ0) is 17.0. The van der Waals surface area contributed by atoms with Crippen LogP contribution in [0.4, 0.5) is 0 Å². The molecule has 0 saturated heterocycles. The van der Waals surface area contributed by atoms with E-state index in [1.54, 1.807) is 7.11 Å². The molecule has 0 aromatic heterocycles. The lowest BCUT2D eigenvalue weighted by Crippen LogP contribution is -2.28. The van der Waals surface area contributed by atoms with Crippen molar-refractivity contribution in [3.8, 4) is 0 Å². The second kappa shape index (κ2) is 7.81. The van der Waals surface area contributed by atoms with Crippen molar-refractivity contribution >= 4 is 39.1 Å². The summed E-state index contributed by atoms with van der Waals surface area (Å²) in [5.41, 5.74) is 0.0738. The van der Waals surface area contributed by atoms with Crippen molar-refractivity contribution in [2.24, 2.45) is 0 Å². The Labute approximate surface area is 145 Å². The number of carbonyl (C=O) groups is 1. The molecule has 0 atom stereocenters. The number of amides is 1. The maximum absolute atomic E-state index is 12.3. The molecule has 0 spiro atoms. The minimum atomic E-state index is -3.77. The Morgan fingerprint density at radius 1 is 1.30 bits per heavy atom. The van der Waals surface area contributed by atoms with Gasteiger partial charge in [0.1, 0.15) is 4.90 Å². The zero-order valence-corrected chi connectivity index (χ0v) is 14.9. The van der Waals surface area contributed by atoms with Crippen LogP contribution in [0.3, 0.4) is 0 Å². The van der Waals surface area contributed by atoms with Crippen LogP contribution in [0.15, 0.2) is 17.0 Å². The molecule has 1 saturated carbocycles. The van der Waals surface area contributed by atoms with E-state index < -0.39 is 15.9 Å². The lowest BCUT2D eigenvalue weighted by atomic mass is 10.2. The number of hydrogen-bond donors (Lipinski definition) is 2. The topological polar surface area (TPSA) is 84.5 Å². The van der Waals surface area contributed by atoms with Gasteiger partial charge in [-0.05, 0) is 31.4 Å². The highest BCUT2D eigenvalue weighted by molar-refractivity contribution is 7.89. The van der Waals surface area contributed by atoms with Crippen molar-refractivity contribution in [3.63, 3.8) is 0 Å². The van der Waals surface area contributed by atoms with Gasteiger partial charge < -0.3 is 10.1 Å². The van der Waals surface area contributed by atoms with Gasteiger partial charge in [0.25, 0.3) is 5.91 Å². The molecule has 1 aromatic rings. The lowest BCUT2D eigenvalue weighted by Gasteiger charge is -2.12. The summed E-state index contributed by atoms with van der Waals surface area (Å²) in [6.45, 7) is 0.910. The summed E-state index contributed by atoms with van der Waals surface area (Å²) in [6, 6.07) is 2.42. The molecule has 6 nitrogen and oxygen atoms in total. The summed E-state index contributed by atoms with van der Waals surface area (Å²) in [5.74, 6) is -0.453. The van der Waals surface area contributed by atoms with Crippen LogP contribution in [0.1, 0.15) is 29.6 Å². The van der Waals surface area contributed by atoms with E-state index in [1.165, 1.54) is 12.1 Å². The summed E-state index contributed by atoms with van der Waals surface area (Å²) < 4.78 is 32.0. The van der Waals surface area contributed by atoms with Crippen LogP contribution >= 0.6 is 23.2 Å². The van der Waals surface area contributed by atoms with Crippen LogP contribution in [0.25, 0.3) is 0 Å². The van der Waals surface area contributed by atoms with E-state index in [0.717, 1.165) is 12.8 Å². The number of carbonyl (C=O) groups excluding carboxylic acids is 1. The Morgan fingerprint density at radius 2 is 2.00 bits per heavy atom. The van der Waals surface area contributed by atoms with Crippen LogP contribution < -0.4 is 10.0 Å². The fourth-order valence-electron chi connectivity index (χ4n) is 1.91. The standard InChI is InChI=1S/C14H18Cl2N2O4S/c1-22-6-2-5-17-14(19)10-7-13(12(16)8-11(10)15)23(20,21)18-9-3-4-9/h7-9,18H,2-6H2,1H3,(H,17,19). The van der Waals surface area contributed by atoms with Crippen molar-refractivity contribution in [2.75, 3.05) is 20.3 Å². The Hall–Kier alpha value is -0.860. The maximum Gasteiger partial charge on any atom is 0.252 e. The molecule has 1 amide bonds. The van der Waals surface area contributed by atoms with E-state index in [9.17, 15) is 13.2 Å². The number of nitrogens with one attached hydrogen (secondary N) is 2. The van der Waals surface area contributed by atoms with E-state index in [2.05, 4.69) is 10.0 Å². The van der Waals surface area contributed by atoms with Crippen LogP contribution in [-0.2, 0) is 14.8 Å². The highest BCUT2D eigenvalue weighted by Gasteiger charge is 2.30. The van der Waals surface area contributed by atoms with E-state index in [-0.39, 0.29) is 26.5 Å². The summed E-state index contributed by atoms with van der Waals surface area (Å²) in [7, 11) is -2.20. The monoisotopic (exact) mass is 380 g/mol. The summed E-state index contributed by atoms with van der Waals surface area (Å²) >= 11 is 12.0. The van der Waals surface area contributed by atoms with Crippen molar-refractivity contribution in [2.45, 2.75) is 30.2 Å². The Balaban J connectivity index is 2.20. The first-order valence-electron chi connectivity index (χ1n) is 7.13. The molecule has 128 valence electrons. The van der Waals surface area contributed by atoms with Crippen LogP contribution in [0.2, 0.25) is 10.0 Å². The van der Waals surface area contributed by atoms with E-state index in [4.69, 9.17) is 27.9 Å². The molecule has 0 radical (unpaired) electrons. The highest BCUT2D eigenvalue weighted by atomic mass is 35.5. The predicted octanol–water partition coefficient (Wildman–Crippen LogP) is 2.20. The molecular weight excluding hydrogens is 363 g/mol. The summed E-state index contributed by atoms with van der Waals surface area (Å²) in [5, 5.41) is 2.75. The molecule has 2 rings (SSSR count). The zero-order valence-electron chi connectivity index (χ0n) is 12.6. The molecule has 1 fully saturated rings. The van der Waals surface area contributed by atoms with Gasteiger partial charge in [-0.1, -0.05) is 23.2 Å². The van der Waals surface area contributed by atoms with Crippen molar-refractivity contribution in [1.29, 1.82) is 0 Å². The Kier molecular flexibility index (Phi) is 6.27. The maximum atomic E-state index is 12.3. The molecule has 1 aliphatic carbocycles. The van der Waals surface area contributed by atoms with Gasteiger partial charge in [0.2, 0.25) is 10.0 Å². The number of rotatable bonds is 8. The molecule has 0 aliphatic heterocycles. The van der Waals surface area contributed by atoms with Crippen molar-refractivity contribution < 1.29 is 17.9 Å². The minimum absolute atomic E-state index is 0.0147. The first-order valence-corrected chi connectivity index (χ1v) is 9.37.